The topological polar surface area (TPSA) is 38.3 Å². The van der Waals surface area contributed by atoms with Crippen LogP contribution in [0.2, 0.25) is 0 Å². The van der Waals surface area contributed by atoms with Crippen LogP contribution in [0.1, 0.15) is 62.5 Å². The Balaban J connectivity index is 1.71. The summed E-state index contributed by atoms with van der Waals surface area (Å²) in [6.07, 6.45) is 13.2. The molecule has 0 spiro atoms. The highest BCUT2D eigenvalue weighted by Crippen LogP contribution is 2.28. The second-order valence-electron chi connectivity index (χ2n) is 7.16. The zero-order valence-corrected chi connectivity index (χ0v) is 14.7. The van der Waals surface area contributed by atoms with Gasteiger partial charge in [0.05, 0.1) is 13.5 Å². The van der Waals surface area contributed by atoms with Crippen molar-refractivity contribution in [1.29, 1.82) is 0 Å². The molecule has 1 aromatic carbocycles. The average molecular weight is 327 g/mol. The molecule has 1 N–H and O–H groups in total. The lowest BCUT2D eigenvalue weighted by Crippen LogP contribution is -2.33. The molecule has 1 aromatic rings. The summed E-state index contributed by atoms with van der Waals surface area (Å²) in [7, 11) is 1.43. The number of hydrogen-bond acceptors (Lipinski definition) is 3. The predicted octanol–water partition coefficient (Wildman–Crippen LogP) is 4.26. The minimum Gasteiger partial charge on any atom is -0.469 e. The van der Waals surface area contributed by atoms with Crippen molar-refractivity contribution in [3.8, 4) is 0 Å². The molecule has 0 saturated heterocycles. The van der Waals surface area contributed by atoms with Crippen molar-refractivity contribution >= 4 is 12.0 Å². The van der Waals surface area contributed by atoms with Gasteiger partial charge in [-0.1, -0.05) is 55.2 Å². The van der Waals surface area contributed by atoms with Crippen LogP contribution >= 0.6 is 0 Å². The van der Waals surface area contributed by atoms with Crippen LogP contribution in [0.3, 0.4) is 0 Å². The first-order valence-electron chi connectivity index (χ1n) is 9.37. The third kappa shape index (κ3) is 5.20. The summed E-state index contributed by atoms with van der Waals surface area (Å²) in [5.41, 5.74) is 3.80. The van der Waals surface area contributed by atoms with Gasteiger partial charge in [0.15, 0.2) is 0 Å². The maximum Gasteiger partial charge on any atom is 0.309 e. The molecule has 0 amide bonds. The highest BCUT2D eigenvalue weighted by molar-refractivity contribution is 5.72. The van der Waals surface area contributed by atoms with Crippen LogP contribution in [0.4, 0.5) is 0 Å². The van der Waals surface area contributed by atoms with Gasteiger partial charge < -0.3 is 10.1 Å². The highest BCUT2D eigenvalue weighted by atomic mass is 16.5. The fraction of sp³-hybridized carbons (Fsp3) is 0.571. The van der Waals surface area contributed by atoms with E-state index in [4.69, 9.17) is 4.74 Å². The summed E-state index contributed by atoms with van der Waals surface area (Å²) >= 11 is 0. The molecule has 130 valence electrons. The molecule has 2 saturated carbocycles. The molecule has 24 heavy (non-hydrogen) atoms. The van der Waals surface area contributed by atoms with Crippen LogP contribution in [0.15, 0.2) is 29.8 Å². The summed E-state index contributed by atoms with van der Waals surface area (Å²) in [5.74, 6) is -0.185. The molecule has 1 atom stereocenters. The number of methoxy groups -OCH3 is 1. The highest BCUT2D eigenvalue weighted by Gasteiger charge is 2.26. The second kappa shape index (κ2) is 8.48. The van der Waals surface area contributed by atoms with Crippen molar-refractivity contribution in [2.75, 3.05) is 7.11 Å². The van der Waals surface area contributed by atoms with Gasteiger partial charge in [-0.25, -0.2) is 0 Å². The van der Waals surface area contributed by atoms with E-state index in [-0.39, 0.29) is 5.97 Å². The minimum absolute atomic E-state index is 0.185. The van der Waals surface area contributed by atoms with Gasteiger partial charge in [-0.3, -0.25) is 4.79 Å². The van der Waals surface area contributed by atoms with Gasteiger partial charge in [0.2, 0.25) is 0 Å². The smallest absolute Gasteiger partial charge is 0.309 e. The summed E-state index contributed by atoms with van der Waals surface area (Å²) < 4.78 is 4.73. The summed E-state index contributed by atoms with van der Waals surface area (Å²) in [5, 5.41) is 3.85. The van der Waals surface area contributed by atoms with Crippen molar-refractivity contribution in [3.05, 3.63) is 41.0 Å². The van der Waals surface area contributed by atoms with Crippen LogP contribution in [-0.2, 0) is 16.0 Å². The summed E-state index contributed by atoms with van der Waals surface area (Å²) in [6, 6.07) is 9.62. The molecule has 3 nitrogen and oxygen atoms in total. The van der Waals surface area contributed by atoms with Gasteiger partial charge >= 0.3 is 5.97 Å². The van der Waals surface area contributed by atoms with Crippen molar-refractivity contribution in [2.24, 2.45) is 0 Å². The molecule has 0 aliphatic heterocycles. The van der Waals surface area contributed by atoms with Crippen LogP contribution in [0.5, 0.6) is 0 Å². The van der Waals surface area contributed by atoms with E-state index >= 15 is 0 Å². The Morgan fingerprint density at radius 1 is 1.12 bits per heavy atom. The Labute approximate surface area is 145 Å². The van der Waals surface area contributed by atoms with Crippen molar-refractivity contribution in [3.63, 3.8) is 0 Å². The molecule has 1 unspecified atom stereocenters. The quantitative estimate of drug-likeness (QED) is 0.821. The number of hydrogen-bond donors (Lipinski definition) is 1. The first kappa shape index (κ1) is 17.2. The lowest BCUT2D eigenvalue weighted by atomic mass is 9.90. The largest absolute Gasteiger partial charge is 0.469 e. The number of ether oxygens (including phenoxy) is 1. The molecule has 3 rings (SSSR count). The predicted molar refractivity (Wildman–Crippen MR) is 97.8 cm³/mol. The van der Waals surface area contributed by atoms with E-state index in [1.54, 1.807) is 5.57 Å². The lowest BCUT2D eigenvalue weighted by Gasteiger charge is -2.25. The number of nitrogens with one attached hydrogen (secondary N) is 1. The van der Waals surface area contributed by atoms with Gasteiger partial charge in [0, 0.05) is 12.1 Å². The maximum absolute atomic E-state index is 11.4. The van der Waals surface area contributed by atoms with Gasteiger partial charge in [-0.05, 0) is 43.2 Å². The normalized spacial score (nSPS) is 23.5. The molecular formula is C21H29NO2. The molecule has 0 bridgehead atoms. The van der Waals surface area contributed by atoms with E-state index < -0.39 is 0 Å². The maximum atomic E-state index is 11.4. The Morgan fingerprint density at radius 2 is 1.88 bits per heavy atom. The second-order valence-corrected chi connectivity index (χ2v) is 7.16. The van der Waals surface area contributed by atoms with Crippen molar-refractivity contribution in [1.82, 2.24) is 5.32 Å². The van der Waals surface area contributed by atoms with Gasteiger partial charge in [-0.2, -0.15) is 0 Å². The standard InChI is InChI=1S/C21H29NO2/c1-24-21(23)15-17-10-8-16(9-11-17)14-18-6-4-2-3-5-7-20(18)22-19-12-13-19/h8-11,14,19-20,22H,2-7,12-13,15H2,1H3. The molecule has 2 aliphatic carbocycles. The van der Waals surface area contributed by atoms with Crippen LogP contribution in [0.25, 0.3) is 6.08 Å². The Morgan fingerprint density at radius 3 is 2.58 bits per heavy atom. The zero-order valence-electron chi connectivity index (χ0n) is 14.7. The first-order valence-corrected chi connectivity index (χ1v) is 9.37. The lowest BCUT2D eigenvalue weighted by molar-refractivity contribution is -0.139. The number of rotatable bonds is 5. The van der Waals surface area contributed by atoms with Crippen LogP contribution < -0.4 is 5.32 Å². The first-order chi connectivity index (χ1) is 11.7. The molecule has 0 aromatic heterocycles. The van der Waals surface area contributed by atoms with Crippen LogP contribution in [0, 0.1) is 0 Å². The number of carbonyl (C=O) groups is 1. The summed E-state index contributed by atoms with van der Waals surface area (Å²) in [4.78, 5) is 11.4. The van der Waals surface area contributed by atoms with E-state index in [1.807, 2.05) is 12.1 Å². The van der Waals surface area contributed by atoms with Crippen molar-refractivity contribution < 1.29 is 9.53 Å². The molecule has 2 aliphatic rings. The van der Waals surface area contributed by atoms with E-state index in [9.17, 15) is 4.79 Å². The van der Waals surface area contributed by atoms with E-state index in [2.05, 4.69) is 23.5 Å². The molecule has 3 heteroatoms. The van der Waals surface area contributed by atoms with Crippen LogP contribution in [-0.4, -0.2) is 25.2 Å². The number of carbonyl (C=O) groups excluding carboxylic acids is 1. The van der Waals surface area contributed by atoms with Gasteiger partial charge in [-0.15, -0.1) is 0 Å². The Hall–Kier alpha value is -1.61. The van der Waals surface area contributed by atoms with Crippen molar-refractivity contribution in [2.45, 2.75) is 69.9 Å². The average Bonchev–Trinajstić information content (AvgIpc) is 3.39. The SMILES string of the molecule is COC(=O)Cc1ccc(C=C2CCCCCCC2NC2CC2)cc1. The molecule has 2 fully saturated rings. The third-order valence-corrected chi connectivity index (χ3v) is 5.08. The fourth-order valence-corrected chi connectivity index (χ4v) is 3.47. The number of benzene rings is 1. The van der Waals surface area contributed by atoms with Gasteiger partial charge in [0.1, 0.15) is 0 Å². The third-order valence-electron chi connectivity index (χ3n) is 5.08. The molecular weight excluding hydrogens is 298 g/mol. The number of esters is 1. The zero-order chi connectivity index (χ0) is 16.8. The van der Waals surface area contributed by atoms with Gasteiger partial charge in [0.25, 0.3) is 0 Å². The van der Waals surface area contributed by atoms with E-state index in [1.165, 1.54) is 64.0 Å². The minimum atomic E-state index is -0.185. The van der Waals surface area contributed by atoms with E-state index in [0.29, 0.717) is 12.5 Å². The molecule has 0 heterocycles. The van der Waals surface area contributed by atoms with E-state index in [0.717, 1.165) is 11.6 Å². The molecule has 0 radical (unpaired) electrons. The Bertz CT molecular complexity index is 572. The Kier molecular flexibility index (Phi) is 6.08. The summed E-state index contributed by atoms with van der Waals surface area (Å²) in [6.45, 7) is 0. The fourth-order valence-electron chi connectivity index (χ4n) is 3.47. The monoisotopic (exact) mass is 327 g/mol.